The molecule has 1 aliphatic heterocycles. The Hall–Kier alpha value is -2.09. The first-order chi connectivity index (χ1) is 9.29. The van der Waals surface area contributed by atoms with Crippen LogP contribution in [0.3, 0.4) is 0 Å². The van der Waals surface area contributed by atoms with E-state index in [-0.39, 0.29) is 11.7 Å². The van der Waals surface area contributed by atoms with Gasteiger partial charge in [0.05, 0.1) is 0 Å². The summed E-state index contributed by atoms with van der Waals surface area (Å²) >= 11 is 0. The third kappa shape index (κ3) is 2.14. The molecule has 2 heteroatoms. The summed E-state index contributed by atoms with van der Waals surface area (Å²) in [5, 5.41) is 0. The van der Waals surface area contributed by atoms with Crippen LogP contribution < -0.4 is 0 Å². The third-order valence-corrected chi connectivity index (χ3v) is 3.88. The van der Waals surface area contributed by atoms with Gasteiger partial charge in [0, 0.05) is 36.3 Å². The number of carbonyl (C=O) groups excluding carboxylic acids is 1. The molecule has 0 spiro atoms. The van der Waals surface area contributed by atoms with Crippen LogP contribution in [0.2, 0.25) is 0 Å². The third-order valence-electron chi connectivity index (χ3n) is 3.88. The van der Waals surface area contributed by atoms with Crippen molar-refractivity contribution >= 4 is 5.78 Å². The zero-order valence-electron chi connectivity index (χ0n) is 11.0. The number of Topliss-reactive ketones (excluding diaryl/α,β-unsaturated/α-hetero) is 1. The molecule has 2 aromatic rings. The molecule has 3 rings (SSSR count). The zero-order chi connectivity index (χ0) is 13.2. The van der Waals surface area contributed by atoms with Crippen LogP contribution in [0.25, 0.3) is 0 Å². The fraction of sp³-hybridized carbons (Fsp3) is 0.235. The Balaban J connectivity index is 1.85. The zero-order valence-corrected chi connectivity index (χ0v) is 11.0. The molecule has 1 atom stereocenters. The Morgan fingerprint density at radius 2 is 2.05 bits per heavy atom. The Bertz CT molecular complexity index is 622. The smallest absolute Gasteiger partial charge is 0.163 e. The first-order valence-corrected chi connectivity index (χ1v) is 6.68. The lowest BCUT2D eigenvalue weighted by Gasteiger charge is -2.11. The van der Waals surface area contributed by atoms with Crippen LogP contribution in [-0.2, 0) is 6.54 Å². The van der Waals surface area contributed by atoms with Crippen molar-refractivity contribution in [3.8, 4) is 0 Å². The van der Waals surface area contributed by atoms with Gasteiger partial charge in [-0.3, -0.25) is 4.79 Å². The number of hydrogen-bond acceptors (Lipinski definition) is 1. The Kier molecular flexibility index (Phi) is 3.08. The first-order valence-electron chi connectivity index (χ1n) is 6.68. The summed E-state index contributed by atoms with van der Waals surface area (Å²) in [6, 6.07) is 13.7. The van der Waals surface area contributed by atoms with Gasteiger partial charge in [0.1, 0.15) is 0 Å². The quantitative estimate of drug-likeness (QED) is 0.600. The predicted molar refractivity (Wildman–Crippen MR) is 76.3 cm³/mol. The summed E-state index contributed by atoms with van der Waals surface area (Å²) in [4.78, 5) is 12.4. The molecule has 1 aromatic carbocycles. The van der Waals surface area contributed by atoms with E-state index < -0.39 is 0 Å². The summed E-state index contributed by atoms with van der Waals surface area (Å²) in [6.45, 7) is 2.98. The van der Waals surface area contributed by atoms with E-state index in [4.69, 9.17) is 0 Å². The molecule has 0 saturated heterocycles. The highest BCUT2D eigenvalue weighted by Gasteiger charge is 2.28. The van der Waals surface area contributed by atoms with Gasteiger partial charge in [-0.15, -0.1) is 0 Å². The summed E-state index contributed by atoms with van der Waals surface area (Å²) in [5.74, 6) is 0.465. The minimum absolute atomic E-state index is 0.222. The van der Waals surface area contributed by atoms with Crippen molar-refractivity contribution in [3.63, 3.8) is 0 Å². The maximum Gasteiger partial charge on any atom is 0.163 e. The van der Waals surface area contributed by atoms with Gasteiger partial charge in [0.15, 0.2) is 5.78 Å². The molecule has 19 heavy (non-hydrogen) atoms. The molecule has 96 valence electrons. The number of aromatic nitrogens is 1. The van der Waals surface area contributed by atoms with Crippen LogP contribution in [0, 0.1) is 0 Å². The van der Waals surface area contributed by atoms with Crippen LogP contribution in [-0.4, -0.2) is 10.4 Å². The van der Waals surface area contributed by atoms with E-state index in [0.717, 1.165) is 12.1 Å². The topological polar surface area (TPSA) is 22.0 Å². The van der Waals surface area contributed by atoms with Gasteiger partial charge < -0.3 is 4.57 Å². The number of carbonyl (C=O) groups is 1. The van der Waals surface area contributed by atoms with E-state index >= 15 is 0 Å². The lowest BCUT2D eigenvalue weighted by molar-refractivity contribution is 0.0977. The van der Waals surface area contributed by atoms with E-state index in [1.807, 2.05) is 30.3 Å². The maximum absolute atomic E-state index is 12.4. The van der Waals surface area contributed by atoms with Gasteiger partial charge in [-0.2, -0.15) is 0 Å². The van der Waals surface area contributed by atoms with E-state index in [0.29, 0.717) is 6.42 Å². The largest absolute Gasteiger partial charge is 0.347 e. The number of ketones is 1. The molecule has 1 unspecified atom stereocenters. The number of nitrogens with zero attached hydrogens (tertiary/aromatic N) is 1. The van der Waals surface area contributed by atoms with Crippen molar-refractivity contribution in [2.75, 3.05) is 0 Å². The van der Waals surface area contributed by atoms with Crippen molar-refractivity contribution in [2.45, 2.75) is 25.8 Å². The van der Waals surface area contributed by atoms with Crippen LogP contribution in [0.1, 0.15) is 35.3 Å². The fourth-order valence-corrected chi connectivity index (χ4v) is 2.84. The molecule has 0 aliphatic carbocycles. The van der Waals surface area contributed by atoms with Gasteiger partial charge in [-0.25, -0.2) is 0 Å². The summed E-state index contributed by atoms with van der Waals surface area (Å²) < 4.78 is 2.23. The second kappa shape index (κ2) is 4.88. The Morgan fingerprint density at radius 1 is 1.26 bits per heavy atom. The molecule has 0 N–H and O–H groups in total. The van der Waals surface area contributed by atoms with E-state index in [1.54, 1.807) is 0 Å². The highest BCUT2D eigenvalue weighted by molar-refractivity contribution is 5.96. The molecule has 2 nitrogen and oxygen atoms in total. The average molecular weight is 251 g/mol. The molecule has 0 radical (unpaired) electrons. The first kappa shape index (κ1) is 12.0. The van der Waals surface area contributed by atoms with Crippen molar-refractivity contribution in [1.82, 2.24) is 4.57 Å². The second-order valence-electron chi connectivity index (χ2n) is 4.97. The summed E-state index contributed by atoms with van der Waals surface area (Å²) in [5.41, 5.74) is 3.42. The van der Waals surface area contributed by atoms with Gasteiger partial charge in [-0.1, -0.05) is 36.4 Å². The Labute approximate surface area is 113 Å². The van der Waals surface area contributed by atoms with Gasteiger partial charge in [0.2, 0.25) is 0 Å². The molecule has 1 aliphatic rings. The average Bonchev–Trinajstić information content (AvgIpc) is 3.02. The molecular weight excluding hydrogens is 234 g/mol. The van der Waals surface area contributed by atoms with Crippen molar-refractivity contribution in [2.24, 2.45) is 0 Å². The van der Waals surface area contributed by atoms with Crippen LogP contribution >= 0.6 is 0 Å². The molecule has 0 fully saturated rings. The summed E-state index contributed by atoms with van der Waals surface area (Å²) in [6.07, 6.45) is 4.80. The SMILES string of the molecule is C/C=C1/Cn2cccc2C1CC(=O)c1ccccc1. The number of allylic oxidation sites excluding steroid dienone is 2. The predicted octanol–water partition coefficient (Wildman–Crippen LogP) is 3.80. The van der Waals surface area contributed by atoms with Crippen molar-refractivity contribution in [1.29, 1.82) is 0 Å². The fourth-order valence-electron chi connectivity index (χ4n) is 2.84. The minimum atomic E-state index is 0.222. The van der Waals surface area contributed by atoms with Gasteiger partial charge in [-0.05, 0) is 24.6 Å². The molecule has 0 saturated carbocycles. The number of fused-ring (bicyclic) bond motifs is 1. The number of rotatable bonds is 3. The maximum atomic E-state index is 12.4. The number of benzene rings is 1. The number of hydrogen-bond donors (Lipinski definition) is 0. The Morgan fingerprint density at radius 3 is 2.79 bits per heavy atom. The van der Waals surface area contributed by atoms with E-state index in [2.05, 4.69) is 35.9 Å². The summed E-state index contributed by atoms with van der Waals surface area (Å²) in [7, 11) is 0. The molecule has 2 heterocycles. The van der Waals surface area contributed by atoms with Crippen LogP contribution in [0.5, 0.6) is 0 Å². The van der Waals surface area contributed by atoms with Crippen LogP contribution in [0.15, 0.2) is 60.3 Å². The second-order valence-corrected chi connectivity index (χ2v) is 4.97. The van der Waals surface area contributed by atoms with E-state index in [1.165, 1.54) is 11.3 Å². The van der Waals surface area contributed by atoms with Crippen LogP contribution in [0.4, 0.5) is 0 Å². The lowest BCUT2D eigenvalue weighted by Crippen LogP contribution is -2.06. The molecule has 0 bridgehead atoms. The molecule has 1 aromatic heterocycles. The highest BCUT2D eigenvalue weighted by Crippen LogP contribution is 2.36. The lowest BCUT2D eigenvalue weighted by atomic mass is 9.91. The molecular formula is C17H17NO. The van der Waals surface area contributed by atoms with Gasteiger partial charge >= 0.3 is 0 Å². The monoisotopic (exact) mass is 251 g/mol. The van der Waals surface area contributed by atoms with Gasteiger partial charge in [0.25, 0.3) is 0 Å². The standard InChI is InChI=1S/C17H17NO/c1-2-13-12-18-10-6-9-16(18)15(13)11-17(19)14-7-4-3-5-8-14/h2-10,15H,11-12H2,1H3/b13-2-. The normalized spacial score (nSPS) is 19.6. The molecule has 0 amide bonds. The van der Waals surface area contributed by atoms with E-state index in [9.17, 15) is 4.79 Å². The van der Waals surface area contributed by atoms with Crippen molar-refractivity contribution < 1.29 is 4.79 Å². The minimum Gasteiger partial charge on any atom is -0.347 e. The van der Waals surface area contributed by atoms with Crippen molar-refractivity contribution in [3.05, 3.63) is 71.6 Å². The highest BCUT2D eigenvalue weighted by atomic mass is 16.1.